The summed E-state index contributed by atoms with van der Waals surface area (Å²) >= 11 is 3.56. The number of aliphatic hydroxyl groups excluding tert-OH is 1. The third kappa shape index (κ3) is 3.79. The number of halogens is 1. The fourth-order valence-electron chi connectivity index (χ4n) is 3.01. The highest BCUT2D eigenvalue weighted by molar-refractivity contribution is 9.12. The van der Waals surface area contributed by atoms with Crippen molar-refractivity contribution in [1.29, 1.82) is 0 Å². The number of aryl methyl sites for hydroxylation is 2. The van der Waals surface area contributed by atoms with Crippen LogP contribution in [0.3, 0.4) is 0 Å². The fourth-order valence-corrected chi connectivity index (χ4v) is 3.42. The summed E-state index contributed by atoms with van der Waals surface area (Å²) in [7, 11) is 1.64. The Morgan fingerprint density at radius 2 is 2.12 bits per heavy atom. The lowest BCUT2D eigenvalue weighted by atomic mass is 10.1. The van der Waals surface area contributed by atoms with Crippen molar-refractivity contribution in [2.45, 2.75) is 25.7 Å². The van der Waals surface area contributed by atoms with Gasteiger partial charge in [-0.2, -0.15) is 0 Å². The van der Waals surface area contributed by atoms with Gasteiger partial charge in [0.25, 0.3) is 0 Å². The number of ether oxygens (including phenoxy) is 1. The summed E-state index contributed by atoms with van der Waals surface area (Å²) in [6, 6.07) is 3.93. The average molecular weight is 389 g/mol. The highest BCUT2D eigenvalue weighted by atomic mass is 79.9. The predicted octanol–water partition coefficient (Wildman–Crippen LogP) is 1.98. The van der Waals surface area contributed by atoms with Crippen LogP contribution in [-0.2, 0) is 19.3 Å². The summed E-state index contributed by atoms with van der Waals surface area (Å²) in [6.07, 6.45) is 11.5. The zero-order chi connectivity index (χ0) is 16.9. The molecule has 2 aromatic rings. The van der Waals surface area contributed by atoms with Crippen molar-refractivity contribution < 1.29 is 9.84 Å². The van der Waals surface area contributed by atoms with Gasteiger partial charge in [-0.25, -0.2) is 0 Å². The molecule has 0 bridgehead atoms. The Morgan fingerprint density at radius 3 is 2.83 bits per heavy atom. The molecule has 1 aliphatic rings. The van der Waals surface area contributed by atoms with E-state index in [1.54, 1.807) is 13.3 Å². The van der Waals surface area contributed by atoms with E-state index in [0.29, 0.717) is 6.42 Å². The van der Waals surface area contributed by atoms with Gasteiger partial charge in [0.05, 0.1) is 13.3 Å². The molecule has 0 fully saturated rings. The minimum atomic E-state index is 0.153. The zero-order valence-corrected chi connectivity index (χ0v) is 15.3. The molecule has 0 radical (unpaired) electrons. The van der Waals surface area contributed by atoms with E-state index >= 15 is 0 Å². The lowest BCUT2D eigenvalue weighted by molar-refractivity contribution is 0.299. The molecule has 2 N–H and O–H groups in total. The van der Waals surface area contributed by atoms with Crippen molar-refractivity contribution in [3.05, 3.63) is 56.4 Å². The van der Waals surface area contributed by atoms with E-state index in [-0.39, 0.29) is 6.61 Å². The molecule has 0 aliphatic heterocycles. The molecule has 2 aromatic heterocycles. The number of hydrogen-bond donors (Lipinski definition) is 2. The maximum absolute atomic E-state index is 9.44. The number of rotatable bonds is 6. The second kappa shape index (κ2) is 7.81. The van der Waals surface area contributed by atoms with Gasteiger partial charge in [-0.15, -0.1) is 0 Å². The topological polar surface area (TPSA) is 58.1 Å². The summed E-state index contributed by atoms with van der Waals surface area (Å²) in [5.41, 5.74) is 3.43. The van der Waals surface area contributed by atoms with Gasteiger partial charge in [0, 0.05) is 27.8 Å². The number of methoxy groups -OCH3 is 1. The minimum Gasteiger partial charge on any atom is -0.495 e. The van der Waals surface area contributed by atoms with Gasteiger partial charge >= 0.3 is 0 Å². The molecule has 3 rings (SSSR count). The lowest BCUT2D eigenvalue weighted by Gasteiger charge is -2.05. The van der Waals surface area contributed by atoms with Crippen molar-refractivity contribution in [2.75, 3.05) is 13.7 Å². The summed E-state index contributed by atoms with van der Waals surface area (Å²) in [5, 5.41) is 11.8. The van der Waals surface area contributed by atoms with Crippen LogP contribution in [0.1, 0.15) is 23.4 Å². The Bertz CT molecular complexity index is 851. The number of aromatic nitrogens is 2. The molecule has 0 atom stereocenters. The van der Waals surface area contributed by atoms with E-state index in [4.69, 9.17) is 4.74 Å². The molecular formula is C19H21BrN2O2. The molecular weight excluding hydrogens is 368 g/mol. The molecule has 126 valence electrons. The van der Waals surface area contributed by atoms with Crippen LogP contribution in [0.25, 0.3) is 12.2 Å². The number of fused-ring (bicyclic) bond motifs is 1. The molecule has 4 nitrogen and oxygen atoms in total. The van der Waals surface area contributed by atoms with Gasteiger partial charge in [0.1, 0.15) is 5.75 Å². The SMILES string of the molecule is COc1ccc(CCc2[nH]c3c(c2CCO)=CCC=C(Br)C=3)nc1. The smallest absolute Gasteiger partial charge is 0.137 e. The number of pyridine rings is 1. The second-order valence-corrected chi connectivity index (χ2v) is 6.66. The molecule has 0 unspecified atom stereocenters. The standard InChI is InChI=1S/C19H21BrN2O2/c1-24-15-7-5-14(21-12-15)6-8-18-17(9-10-23)16-4-2-3-13(20)11-19(16)22-18/h3-5,7,11-12,22-23H,2,6,8-10H2,1H3. The Balaban J connectivity index is 1.87. The molecule has 0 saturated carbocycles. The molecule has 0 spiro atoms. The van der Waals surface area contributed by atoms with Crippen molar-refractivity contribution >= 4 is 28.1 Å². The second-order valence-electron chi connectivity index (χ2n) is 5.75. The van der Waals surface area contributed by atoms with Gasteiger partial charge in [0.15, 0.2) is 0 Å². The molecule has 5 heteroatoms. The van der Waals surface area contributed by atoms with Crippen LogP contribution < -0.4 is 15.3 Å². The molecule has 0 amide bonds. The number of allylic oxidation sites excluding steroid dienone is 2. The molecule has 0 saturated heterocycles. The van der Waals surface area contributed by atoms with Crippen molar-refractivity contribution in [3.63, 3.8) is 0 Å². The first-order chi connectivity index (χ1) is 11.7. The number of nitrogens with zero attached hydrogens (tertiary/aromatic N) is 1. The van der Waals surface area contributed by atoms with E-state index in [1.165, 1.54) is 16.5 Å². The first kappa shape index (κ1) is 17.0. The van der Waals surface area contributed by atoms with Gasteiger partial charge in [-0.3, -0.25) is 4.98 Å². The van der Waals surface area contributed by atoms with E-state index < -0.39 is 0 Å². The van der Waals surface area contributed by atoms with Crippen LogP contribution in [0, 0.1) is 0 Å². The third-order valence-corrected chi connectivity index (χ3v) is 4.76. The summed E-state index contributed by atoms with van der Waals surface area (Å²) < 4.78 is 6.23. The van der Waals surface area contributed by atoms with Gasteiger partial charge in [-0.1, -0.05) is 28.1 Å². The number of nitrogens with one attached hydrogen (secondary N) is 1. The first-order valence-corrected chi connectivity index (χ1v) is 8.87. The van der Waals surface area contributed by atoms with Crippen molar-refractivity contribution in [3.8, 4) is 5.75 Å². The summed E-state index contributed by atoms with van der Waals surface area (Å²) in [4.78, 5) is 7.96. The van der Waals surface area contributed by atoms with Crippen LogP contribution in [0.5, 0.6) is 5.75 Å². The normalized spacial score (nSPS) is 13.4. The molecule has 24 heavy (non-hydrogen) atoms. The van der Waals surface area contributed by atoms with Crippen LogP contribution in [0.4, 0.5) is 0 Å². The fraction of sp³-hybridized carbons (Fsp3) is 0.316. The zero-order valence-electron chi connectivity index (χ0n) is 13.7. The van der Waals surface area contributed by atoms with E-state index in [1.807, 2.05) is 12.1 Å². The summed E-state index contributed by atoms with van der Waals surface area (Å²) in [5.74, 6) is 0.771. The van der Waals surface area contributed by atoms with Crippen LogP contribution >= 0.6 is 15.9 Å². The Labute approximate surface area is 149 Å². The number of H-pyrrole nitrogens is 1. The Kier molecular flexibility index (Phi) is 5.53. The highest BCUT2D eigenvalue weighted by Gasteiger charge is 2.10. The van der Waals surface area contributed by atoms with Crippen LogP contribution in [0.2, 0.25) is 0 Å². The van der Waals surface area contributed by atoms with Crippen LogP contribution in [-0.4, -0.2) is 28.8 Å². The van der Waals surface area contributed by atoms with Gasteiger partial charge < -0.3 is 14.8 Å². The monoisotopic (exact) mass is 388 g/mol. The lowest BCUT2D eigenvalue weighted by Crippen LogP contribution is -2.24. The molecule has 0 aromatic carbocycles. The first-order valence-electron chi connectivity index (χ1n) is 8.08. The number of hydrogen-bond acceptors (Lipinski definition) is 3. The quantitative estimate of drug-likeness (QED) is 0.795. The van der Waals surface area contributed by atoms with Crippen molar-refractivity contribution in [1.82, 2.24) is 9.97 Å². The molecule has 2 heterocycles. The van der Waals surface area contributed by atoms with Crippen molar-refractivity contribution in [2.24, 2.45) is 0 Å². The van der Waals surface area contributed by atoms with Gasteiger partial charge in [-0.05, 0) is 54.7 Å². The average Bonchev–Trinajstić information content (AvgIpc) is 2.79. The number of aliphatic hydroxyl groups is 1. The van der Waals surface area contributed by atoms with E-state index in [0.717, 1.165) is 40.5 Å². The largest absolute Gasteiger partial charge is 0.495 e. The maximum Gasteiger partial charge on any atom is 0.137 e. The highest BCUT2D eigenvalue weighted by Crippen LogP contribution is 2.13. The van der Waals surface area contributed by atoms with Gasteiger partial charge in [0.2, 0.25) is 0 Å². The van der Waals surface area contributed by atoms with E-state index in [9.17, 15) is 5.11 Å². The number of aromatic amines is 1. The summed E-state index contributed by atoms with van der Waals surface area (Å²) in [6.45, 7) is 0.153. The Morgan fingerprint density at radius 1 is 1.25 bits per heavy atom. The minimum absolute atomic E-state index is 0.153. The third-order valence-electron chi connectivity index (χ3n) is 4.21. The molecule has 1 aliphatic carbocycles. The maximum atomic E-state index is 9.44. The van der Waals surface area contributed by atoms with Crippen LogP contribution in [0.15, 0.2) is 28.9 Å². The predicted molar refractivity (Wildman–Crippen MR) is 99.6 cm³/mol. The Hall–Kier alpha value is -1.85. The van der Waals surface area contributed by atoms with E-state index in [2.05, 4.69) is 44.1 Å².